The normalized spacial score (nSPS) is 57.4. The van der Waals surface area contributed by atoms with Crippen molar-refractivity contribution in [2.45, 2.75) is 24.9 Å². The van der Waals surface area contributed by atoms with E-state index in [1.165, 1.54) is 12.8 Å². The predicted octanol–water partition coefficient (Wildman–Crippen LogP) is 0.908. The summed E-state index contributed by atoms with van der Waals surface area (Å²) in [6.07, 6.45) is 8.20. The van der Waals surface area contributed by atoms with Crippen LogP contribution < -0.4 is 5.73 Å². The zero-order chi connectivity index (χ0) is 9.05. The number of rotatable bonds is 1. The first-order valence-electron chi connectivity index (χ1n) is 5.35. The Labute approximate surface area is 78.8 Å². The van der Waals surface area contributed by atoms with Crippen molar-refractivity contribution >= 4 is 0 Å². The molecule has 72 valence electrons. The summed E-state index contributed by atoms with van der Waals surface area (Å²) >= 11 is 0. The predicted molar refractivity (Wildman–Crippen MR) is 51.0 cm³/mol. The molecule has 0 spiro atoms. The second-order valence-electron chi connectivity index (χ2n) is 5.03. The molecule has 0 unspecified atom stereocenters. The molecule has 3 rings (SSSR count). The molecule has 3 aliphatic carbocycles. The van der Waals surface area contributed by atoms with E-state index >= 15 is 0 Å². The van der Waals surface area contributed by atoms with E-state index in [9.17, 15) is 5.11 Å². The quantitative estimate of drug-likeness (QED) is 0.588. The number of hydrogen-bond donors (Lipinski definition) is 2. The van der Waals surface area contributed by atoms with Crippen LogP contribution in [0.1, 0.15) is 19.3 Å². The summed E-state index contributed by atoms with van der Waals surface area (Å²) in [5.74, 6) is 2.30. The molecule has 0 aromatic carbocycles. The van der Waals surface area contributed by atoms with Crippen LogP contribution in [-0.2, 0) is 0 Å². The van der Waals surface area contributed by atoms with Gasteiger partial charge in [-0.2, -0.15) is 0 Å². The van der Waals surface area contributed by atoms with E-state index in [0.717, 1.165) is 18.3 Å². The third-order valence-corrected chi connectivity index (χ3v) is 4.49. The molecule has 3 aliphatic rings. The molecule has 3 N–H and O–H groups in total. The maximum absolute atomic E-state index is 10.5. The number of allylic oxidation sites excluding steroid dienone is 1. The second-order valence-corrected chi connectivity index (χ2v) is 5.03. The smallest absolute Gasteiger partial charge is 0.0862 e. The lowest BCUT2D eigenvalue weighted by Gasteiger charge is -2.31. The van der Waals surface area contributed by atoms with Crippen molar-refractivity contribution in [2.75, 3.05) is 6.54 Å². The zero-order valence-electron chi connectivity index (χ0n) is 7.82. The SMILES string of the molecule is NC[C@]1(O)[C@H]2C[C@H]3C=C[C@@H]1[C@H](C3)C2. The third kappa shape index (κ3) is 0.856. The molecule has 2 heteroatoms. The van der Waals surface area contributed by atoms with Crippen LogP contribution in [0.3, 0.4) is 0 Å². The van der Waals surface area contributed by atoms with Gasteiger partial charge >= 0.3 is 0 Å². The third-order valence-electron chi connectivity index (χ3n) is 4.49. The minimum atomic E-state index is -0.563. The van der Waals surface area contributed by atoms with E-state index in [1.807, 2.05) is 0 Å². The monoisotopic (exact) mass is 179 g/mol. The fourth-order valence-corrected chi connectivity index (χ4v) is 3.85. The first-order chi connectivity index (χ1) is 6.24. The lowest BCUT2D eigenvalue weighted by atomic mass is 9.76. The Morgan fingerprint density at radius 1 is 1.31 bits per heavy atom. The van der Waals surface area contributed by atoms with E-state index in [0.29, 0.717) is 18.4 Å². The van der Waals surface area contributed by atoms with Gasteiger partial charge in [0.2, 0.25) is 0 Å². The highest BCUT2D eigenvalue weighted by Crippen LogP contribution is 2.56. The largest absolute Gasteiger partial charge is 0.388 e. The van der Waals surface area contributed by atoms with Crippen LogP contribution in [0.4, 0.5) is 0 Å². The lowest BCUT2D eigenvalue weighted by Crippen LogP contribution is -2.45. The standard InChI is InChI=1S/C11H17NO/c12-6-11(13)9-4-7-1-2-10(11)8(3-7)5-9/h1-2,7-10,13H,3-6,12H2/t7-,8+,9-,10+,11-/m0/s1. The van der Waals surface area contributed by atoms with Gasteiger partial charge in [0.15, 0.2) is 0 Å². The van der Waals surface area contributed by atoms with Crippen LogP contribution >= 0.6 is 0 Å². The Bertz CT molecular complexity index is 263. The molecule has 0 radical (unpaired) electrons. The lowest BCUT2D eigenvalue weighted by molar-refractivity contribution is -0.0144. The molecule has 13 heavy (non-hydrogen) atoms. The van der Waals surface area contributed by atoms with Crippen molar-refractivity contribution in [1.29, 1.82) is 0 Å². The highest BCUT2D eigenvalue weighted by molar-refractivity contribution is 5.19. The first kappa shape index (κ1) is 8.01. The van der Waals surface area contributed by atoms with Crippen LogP contribution in [-0.4, -0.2) is 17.3 Å². The van der Waals surface area contributed by atoms with E-state index < -0.39 is 5.60 Å². The van der Waals surface area contributed by atoms with Gasteiger partial charge in [-0.15, -0.1) is 0 Å². The number of hydrogen-bond acceptors (Lipinski definition) is 2. The summed E-state index contributed by atoms with van der Waals surface area (Å²) in [6, 6.07) is 0. The van der Waals surface area contributed by atoms with Gasteiger partial charge in [0.05, 0.1) is 5.60 Å². The summed E-state index contributed by atoms with van der Waals surface area (Å²) in [4.78, 5) is 0. The van der Waals surface area contributed by atoms with E-state index in [1.54, 1.807) is 0 Å². The minimum absolute atomic E-state index is 0.362. The van der Waals surface area contributed by atoms with Gasteiger partial charge < -0.3 is 10.8 Å². The summed E-state index contributed by atoms with van der Waals surface area (Å²) in [5, 5.41) is 10.5. The highest BCUT2D eigenvalue weighted by Gasteiger charge is 2.56. The van der Waals surface area contributed by atoms with Crippen molar-refractivity contribution in [3.05, 3.63) is 12.2 Å². The Balaban J connectivity index is 2.05. The number of aliphatic hydroxyl groups is 1. The minimum Gasteiger partial charge on any atom is -0.388 e. The van der Waals surface area contributed by atoms with Crippen LogP contribution in [0.5, 0.6) is 0 Å². The molecule has 2 nitrogen and oxygen atoms in total. The first-order valence-corrected chi connectivity index (χ1v) is 5.35. The Hall–Kier alpha value is -0.340. The average molecular weight is 179 g/mol. The Morgan fingerprint density at radius 2 is 2.15 bits per heavy atom. The number of fused-ring (bicyclic) bond motifs is 2. The molecule has 2 fully saturated rings. The van der Waals surface area contributed by atoms with E-state index in [-0.39, 0.29) is 0 Å². The topological polar surface area (TPSA) is 46.2 Å². The van der Waals surface area contributed by atoms with Crippen molar-refractivity contribution in [3.63, 3.8) is 0 Å². The van der Waals surface area contributed by atoms with E-state index in [2.05, 4.69) is 12.2 Å². The molecule has 5 atom stereocenters. The van der Waals surface area contributed by atoms with E-state index in [4.69, 9.17) is 5.73 Å². The van der Waals surface area contributed by atoms with Gasteiger partial charge in [-0.05, 0) is 37.0 Å². The Kier molecular flexibility index (Phi) is 1.46. The van der Waals surface area contributed by atoms with Crippen LogP contribution in [0.2, 0.25) is 0 Å². The zero-order valence-corrected chi connectivity index (χ0v) is 7.82. The molecule has 3 bridgehead atoms. The Morgan fingerprint density at radius 3 is 2.92 bits per heavy atom. The summed E-state index contributed by atoms with van der Waals surface area (Å²) in [5.41, 5.74) is 5.16. The molecule has 0 heterocycles. The fourth-order valence-electron chi connectivity index (χ4n) is 3.85. The average Bonchev–Trinajstić information content (AvgIpc) is 2.27. The maximum atomic E-state index is 10.5. The van der Waals surface area contributed by atoms with Crippen LogP contribution in [0.15, 0.2) is 12.2 Å². The molecule has 0 aromatic heterocycles. The number of nitrogens with two attached hydrogens (primary N) is 1. The molecule has 0 amide bonds. The second kappa shape index (κ2) is 2.37. The summed E-state index contributed by atoms with van der Waals surface area (Å²) < 4.78 is 0. The van der Waals surface area contributed by atoms with Crippen molar-refractivity contribution in [2.24, 2.45) is 29.4 Å². The van der Waals surface area contributed by atoms with Gasteiger partial charge in [0.25, 0.3) is 0 Å². The molecule has 2 saturated carbocycles. The summed E-state index contributed by atoms with van der Waals surface area (Å²) in [6.45, 7) is 0.440. The van der Waals surface area contributed by atoms with Crippen molar-refractivity contribution < 1.29 is 5.11 Å². The van der Waals surface area contributed by atoms with Crippen molar-refractivity contribution in [1.82, 2.24) is 0 Å². The molecular weight excluding hydrogens is 162 g/mol. The maximum Gasteiger partial charge on any atom is 0.0862 e. The molecule has 0 saturated heterocycles. The molecule has 0 aliphatic heterocycles. The van der Waals surface area contributed by atoms with Crippen LogP contribution in [0.25, 0.3) is 0 Å². The van der Waals surface area contributed by atoms with Gasteiger partial charge in [-0.1, -0.05) is 12.2 Å². The highest BCUT2D eigenvalue weighted by atomic mass is 16.3. The van der Waals surface area contributed by atoms with Gasteiger partial charge in [0.1, 0.15) is 0 Å². The molecular formula is C11H17NO. The molecule has 0 aromatic rings. The van der Waals surface area contributed by atoms with Crippen LogP contribution in [0, 0.1) is 23.7 Å². The van der Waals surface area contributed by atoms with Gasteiger partial charge in [-0.25, -0.2) is 0 Å². The fraction of sp³-hybridized carbons (Fsp3) is 0.818. The van der Waals surface area contributed by atoms with Gasteiger partial charge in [0, 0.05) is 12.5 Å². The van der Waals surface area contributed by atoms with Gasteiger partial charge in [-0.3, -0.25) is 0 Å². The summed E-state index contributed by atoms with van der Waals surface area (Å²) in [7, 11) is 0. The van der Waals surface area contributed by atoms with Crippen molar-refractivity contribution in [3.8, 4) is 0 Å².